The van der Waals surface area contributed by atoms with Crippen molar-refractivity contribution < 1.29 is 9.47 Å². The van der Waals surface area contributed by atoms with E-state index in [-0.39, 0.29) is 5.11 Å². The lowest BCUT2D eigenvalue weighted by molar-refractivity contribution is 0.284. The zero-order valence-corrected chi connectivity index (χ0v) is 13.9. The lowest BCUT2D eigenvalue weighted by atomic mass is 10.2. The van der Waals surface area contributed by atoms with E-state index < -0.39 is 0 Å². The Kier molecular flexibility index (Phi) is 6.13. The molecule has 0 aliphatic heterocycles. The maximum atomic E-state index is 5.75. The molecule has 0 radical (unpaired) electrons. The minimum atomic E-state index is 0.102. The van der Waals surface area contributed by atoms with Crippen LogP contribution in [0, 0.1) is 0 Å². The van der Waals surface area contributed by atoms with E-state index in [2.05, 4.69) is 27.7 Å². The van der Waals surface area contributed by atoms with Gasteiger partial charge in [-0.15, -0.1) is 0 Å². The number of nitrogens with one attached hydrogen (secondary N) is 1. The molecule has 2 rings (SSSR count). The summed E-state index contributed by atoms with van der Waals surface area (Å²) in [5.41, 5.74) is 9.49. The number of hydrazone groups is 1. The SMILES string of the molecule is COc1cc(/C=N/NC(N)=S)ccc1OCc1ccc(Cl)nc1. The highest BCUT2D eigenvalue weighted by atomic mass is 35.5. The van der Waals surface area contributed by atoms with Gasteiger partial charge in [0.05, 0.1) is 13.3 Å². The zero-order chi connectivity index (χ0) is 16.7. The van der Waals surface area contributed by atoms with Gasteiger partial charge in [0, 0.05) is 11.8 Å². The van der Waals surface area contributed by atoms with Crippen molar-refractivity contribution in [2.45, 2.75) is 6.61 Å². The average molecular weight is 351 g/mol. The van der Waals surface area contributed by atoms with Crippen LogP contribution in [0.2, 0.25) is 5.15 Å². The van der Waals surface area contributed by atoms with Gasteiger partial charge in [-0.1, -0.05) is 17.7 Å². The molecule has 0 spiro atoms. The number of rotatable bonds is 6. The highest BCUT2D eigenvalue weighted by molar-refractivity contribution is 7.80. The van der Waals surface area contributed by atoms with Crippen molar-refractivity contribution >= 4 is 35.1 Å². The summed E-state index contributed by atoms with van der Waals surface area (Å²) in [6.07, 6.45) is 3.24. The van der Waals surface area contributed by atoms with Gasteiger partial charge >= 0.3 is 0 Å². The molecule has 0 bridgehead atoms. The molecule has 0 amide bonds. The summed E-state index contributed by atoms with van der Waals surface area (Å²) in [4.78, 5) is 4.01. The van der Waals surface area contributed by atoms with Crippen molar-refractivity contribution in [2.24, 2.45) is 10.8 Å². The van der Waals surface area contributed by atoms with Crippen LogP contribution in [0.25, 0.3) is 0 Å². The van der Waals surface area contributed by atoms with E-state index >= 15 is 0 Å². The summed E-state index contributed by atoms with van der Waals surface area (Å²) < 4.78 is 11.1. The van der Waals surface area contributed by atoms with Crippen LogP contribution in [-0.4, -0.2) is 23.4 Å². The molecule has 2 aromatic rings. The number of nitrogens with zero attached hydrogens (tertiary/aromatic N) is 2. The van der Waals surface area contributed by atoms with E-state index in [0.717, 1.165) is 11.1 Å². The lowest BCUT2D eigenvalue weighted by Crippen LogP contribution is -2.23. The second-order valence-corrected chi connectivity index (χ2v) is 5.25. The number of pyridine rings is 1. The van der Waals surface area contributed by atoms with Crippen molar-refractivity contribution in [3.05, 3.63) is 52.8 Å². The van der Waals surface area contributed by atoms with E-state index in [1.54, 1.807) is 37.7 Å². The first-order valence-electron chi connectivity index (χ1n) is 6.58. The molecule has 0 unspecified atom stereocenters. The summed E-state index contributed by atoms with van der Waals surface area (Å²) in [7, 11) is 1.57. The topological polar surface area (TPSA) is 81.8 Å². The number of halogens is 1. The third-order valence-corrected chi connectivity index (χ3v) is 3.07. The predicted octanol–water partition coefficient (Wildman–Crippen LogP) is 2.49. The van der Waals surface area contributed by atoms with Gasteiger partial charge in [-0.2, -0.15) is 5.10 Å². The van der Waals surface area contributed by atoms with Crippen LogP contribution in [0.5, 0.6) is 11.5 Å². The largest absolute Gasteiger partial charge is 0.493 e. The first-order chi connectivity index (χ1) is 11.1. The minimum absolute atomic E-state index is 0.102. The Morgan fingerprint density at radius 1 is 1.39 bits per heavy atom. The van der Waals surface area contributed by atoms with Gasteiger partial charge in [0.25, 0.3) is 0 Å². The van der Waals surface area contributed by atoms with Gasteiger partial charge in [-0.05, 0) is 42.0 Å². The van der Waals surface area contributed by atoms with Crippen LogP contribution >= 0.6 is 23.8 Å². The Morgan fingerprint density at radius 2 is 2.22 bits per heavy atom. The van der Waals surface area contributed by atoms with E-state index in [0.29, 0.717) is 23.3 Å². The fraction of sp³-hybridized carbons (Fsp3) is 0.133. The minimum Gasteiger partial charge on any atom is -0.493 e. The fourth-order valence-corrected chi connectivity index (χ4v) is 1.87. The number of methoxy groups -OCH3 is 1. The van der Waals surface area contributed by atoms with Crippen LogP contribution in [-0.2, 0) is 6.61 Å². The molecule has 1 heterocycles. The molecular weight excluding hydrogens is 336 g/mol. The van der Waals surface area contributed by atoms with Crippen molar-refractivity contribution in [1.82, 2.24) is 10.4 Å². The predicted molar refractivity (Wildman–Crippen MR) is 94.1 cm³/mol. The number of thiocarbonyl (C=S) groups is 1. The maximum Gasteiger partial charge on any atom is 0.184 e. The van der Waals surface area contributed by atoms with Gasteiger partial charge in [0.1, 0.15) is 11.8 Å². The van der Waals surface area contributed by atoms with Gasteiger partial charge in [-0.3, -0.25) is 5.43 Å². The van der Waals surface area contributed by atoms with Crippen LogP contribution in [0.4, 0.5) is 0 Å². The Morgan fingerprint density at radius 3 is 2.87 bits per heavy atom. The smallest absolute Gasteiger partial charge is 0.184 e. The van der Waals surface area contributed by atoms with Crippen molar-refractivity contribution in [3.63, 3.8) is 0 Å². The van der Waals surface area contributed by atoms with E-state index in [9.17, 15) is 0 Å². The highest BCUT2D eigenvalue weighted by Gasteiger charge is 2.06. The van der Waals surface area contributed by atoms with Crippen LogP contribution in [0.3, 0.4) is 0 Å². The maximum absolute atomic E-state index is 5.75. The van der Waals surface area contributed by atoms with E-state index in [1.165, 1.54) is 0 Å². The summed E-state index contributed by atoms with van der Waals surface area (Å²) in [6, 6.07) is 8.99. The number of ether oxygens (including phenoxy) is 2. The van der Waals surface area contributed by atoms with Gasteiger partial charge in [0.15, 0.2) is 16.6 Å². The van der Waals surface area contributed by atoms with Crippen molar-refractivity contribution in [3.8, 4) is 11.5 Å². The third kappa shape index (κ3) is 5.39. The monoisotopic (exact) mass is 350 g/mol. The second kappa shape index (κ2) is 8.30. The third-order valence-electron chi connectivity index (χ3n) is 2.76. The number of nitrogens with two attached hydrogens (primary N) is 1. The van der Waals surface area contributed by atoms with Crippen LogP contribution < -0.4 is 20.6 Å². The molecule has 8 heteroatoms. The average Bonchev–Trinajstić information content (AvgIpc) is 2.54. The number of aromatic nitrogens is 1. The van der Waals surface area contributed by atoms with Crippen LogP contribution in [0.1, 0.15) is 11.1 Å². The Hall–Kier alpha value is -2.38. The summed E-state index contributed by atoms with van der Waals surface area (Å²) in [5, 5.41) is 4.44. The molecule has 120 valence electrons. The molecule has 0 saturated heterocycles. The Labute approximate surface area is 144 Å². The number of hydrogen-bond donors (Lipinski definition) is 2. The molecule has 6 nitrogen and oxygen atoms in total. The Bertz CT molecular complexity index is 707. The summed E-state index contributed by atoms with van der Waals surface area (Å²) in [6.45, 7) is 0.358. The zero-order valence-electron chi connectivity index (χ0n) is 12.3. The highest BCUT2D eigenvalue weighted by Crippen LogP contribution is 2.28. The first-order valence-corrected chi connectivity index (χ1v) is 7.37. The molecule has 0 aliphatic rings. The molecule has 3 N–H and O–H groups in total. The molecule has 0 fully saturated rings. The molecule has 0 saturated carbocycles. The number of benzene rings is 1. The van der Waals surface area contributed by atoms with Crippen LogP contribution in [0.15, 0.2) is 41.6 Å². The first kappa shape index (κ1) is 17.0. The summed E-state index contributed by atoms with van der Waals surface area (Å²) >= 11 is 10.4. The van der Waals surface area contributed by atoms with Gasteiger partial charge < -0.3 is 15.2 Å². The van der Waals surface area contributed by atoms with Gasteiger partial charge in [-0.25, -0.2) is 4.98 Å². The molecule has 1 aromatic carbocycles. The standard InChI is InChI=1S/C15H15ClN4O2S/c1-21-13-6-10(8-19-20-15(17)23)2-4-12(13)22-9-11-3-5-14(16)18-7-11/h2-8H,9H2,1H3,(H3,17,20,23)/b19-8+. The second-order valence-electron chi connectivity index (χ2n) is 4.42. The van der Waals surface area contributed by atoms with Crippen molar-refractivity contribution in [1.29, 1.82) is 0 Å². The van der Waals surface area contributed by atoms with Crippen molar-refractivity contribution in [2.75, 3.05) is 7.11 Å². The molecular formula is C15H15ClN4O2S. The van der Waals surface area contributed by atoms with Gasteiger partial charge in [0.2, 0.25) is 0 Å². The normalized spacial score (nSPS) is 10.5. The molecule has 0 aliphatic carbocycles. The molecule has 0 atom stereocenters. The lowest BCUT2D eigenvalue weighted by Gasteiger charge is -2.11. The fourth-order valence-electron chi connectivity index (χ4n) is 1.71. The quantitative estimate of drug-likeness (QED) is 0.360. The molecule has 23 heavy (non-hydrogen) atoms. The molecule has 1 aromatic heterocycles. The Balaban J connectivity index is 2.05. The van der Waals surface area contributed by atoms with E-state index in [4.69, 9.17) is 26.8 Å². The van der Waals surface area contributed by atoms with E-state index in [1.807, 2.05) is 12.1 Å². The summed E-state index contributed by atoms with van der Waals surface area (Å²) in [5.74, 6) is 1.20. The number of hydrogen-bond acceptors (Lipinski definition) is 5.